The molecule has 58 valence electrons. The highest BCUT2D eigenvalue weighted by Gasteiger charge is 1.91. The zero-order valence-corrected chi connectivity index (χ0v) is 6.28. The normalized spacial score (nSPS) is 8.00. The van der Waals surface area contributed by atoms with Crippen molar-refractivity contribution < 1.29 is 0 Å². The van der Waals surface area contributed by atoms with Crippen molar-refractivity contribution in [2.75, 3.05) is 6.54 Å². The van der Waals surface area contributed by atoms with Gasteiger partial charge >= 0.3 is 0 Å². The van der Waals surface area contributed by atoms with Crippen molar-refractivity contribution in [3.05, 3.63) is 23.8 Å². The molecule has 0 aliphatic heterocycles. The number of hydrogen-bond acceptors (Lipinski definition) is 4. The van der Waals surface area contributed by atoms with Crippen molar-refractivity contribution in [1.82, 2.24) is 9.97 Å². The summed E-state index contributed by atoms with van der Waals surface area (Å²) >= 11 is 0. The molecule has 1 heterocycles. The van der Waals surface area contributed by atoms with Crippen molar-refractivity contribution >= 4 is 0 Å². The highest BCUT2D eigenvalue weighted by molar-refractivity contribution is 5.30. The third-order valence-corrected chi connectivity index (χ3v) is 1.09. The molecule has 0 aliphatic carbocycles. The molecule has 0 radical (unpaired) electrons. The molecule has 12 heavy (non-hydrogen) atoms. The average molecular weight is 158 g/mol. The predicted octanol–water partition coefficient (Wildman–Crippen LogP) is -0.342. The number of rotatable bonds is 0. The van der Waals surface area contributed by atoms with Crippen molar-refractivity contribution in [3.63, 3.8) is 0 Å². The molecule has 1 aromatic heterocycles. The van der Waals surface area contributed by atoms with Gasteiger partial charge in [0.1, 0.15) is 6.07 Å². The first kappa shape index (κ1) is 8.19. The van der Waals surface area contributed by atoms with Crippen LogP contribution in [0.15, 0.2) is 12.4 Å². The van der Waals surface area contributed by atoms with E-state index in [1.165, 1.54) is 12.4 Å². The monoisotopic (exact) mass is 158 g/mol. The molecule has 0 unspecified atom stereocenters. The largest absolute Gasteiger partial charge is 0.320 e. The molecule has 4 heteroatoms. The quantitative estimate of drug-likeness (QED) is 0.524. The highest BCUT2D eigenvalue weighted by atomic mass is 14.9. The standard InChI is InChI=1S/C8H6N4/c9-3-1-2-7-5-11-8(4-10)12-6-7/h5-6H,3,9H2. The molecule has 0 amide bonds. The molecule has 0 aromatic carbocycles. The summed E-state index contributed by atoms with van der Waals surface area (Å²) in [6.45, 7) is 0.306. The maximum Gasteiger partial charge on any atom is 0.232 e. The van der Waals surface area contributed by atoms with Gasteiger partial charge in [0, 0.05) is 12.4 Å². The lowest BCUT2D eigenvalue weighted by Crippen LogP contribution is -1.94. The summed E-state index contributed by atoms with van der Waals surface area (Å²) in [4.78, 5) is 7.47. The fraction of sp³-hybridized carbons (Fsp3) is 0.125. The van der Waals surface area contributed by atoms with Crippen LogP contribution in [0.25, 0.3) is 0 Å². The molecule has 0 aliphatic rings. The number of nitrogens with two attached hydrogens (primary N) is 1. The van der Waals surface area contributed by atoms with Gasteiger partial charge in [0.05, 0.1) is 12.1 Å². The number of hydrogen-bond donors (Lipinski definition) is 1. The Bertz CT molecular complexity index is 349. The maximum absolute atomic E-state index is 8.37. The lowest BCUT2D eigenvalue weighted by Gasteiger charge is -1.87. The first-order valence-corrected chi connectivity index (χ1v) is 3.28. The Morgan fingerprint density at radius 3 is 2.58 bits per heavy atom. The predicted molar refractivity (Wildman–Crippen MR) is 42.7 cm³/mol. The van der Waals surface area contributed by atoms with E-state index in [2.05, 4.69) is 21.8 Å². The van der Waals surface area contributed by atoms with E-state index in [4.69, 9.17) is 11.0 Å². The maximum atomic E-state index is 8.37. The van der Waals surface area contributed by atoms with Gasteiger partial charge in [-0.05, 0) is 0 Å². The van der Waals surface area contributed by atoms with E-state index in [9.17, 15) is 0 Å². The summed E-state index contributed by atoms with van der Waals surface area (Å²) in [6.07, 6.45) is 2.99. The molecule has 0 spiro atoms. The van der Waals surface area contributed by atoms with Crippen LogP contribution in [-0.4, -0.2) is 16.5 Å². The topological polar surface area (TPSA) is 75.6 Å². The Hall–Kier alpha value is -1.91. The van der Waals surface area contributed by atoms with Crippen LogP contribution in [-0.2, 0) is 0 Å². The second-order valence-corrected chi connectivity index (χ2v) is 1.91. The number of nitrogens with zero attached hydrogens (tertiary/aromatic N) is 3. The van der Waals surface area contributed by atoms with E-state index in [1.807, 2.05) is 6.07 Å². The summed E-state index contributed by atoms with van der Waals surface area (Å²) in [5, 5.41) is 8.37. The van der Waals surface area contributed by atoms with E-state index in [0.717, 1.165) is 0 Å². The Kier molecular flexibility index (Phi) is 2.78. The minimum Gasteiger partial charge on any atom is -0.320 e. The van der Waals surface area contributed by atoms with Gasteiger partial charge < -0.3 is 5.73 Å². The van der Waals surface area contributed by atoms with E-state index < -0.39 is 0 Å². The smallest absolute Gasteiger partial charge is 0.232 e. The van der Waals surface area contributed by atoms with Crippen molar-refractivity contribution in [3.8, 4) is 17.9 Å². The van der Waals surface area contributed by atoms with Crippen LogP contribution in [0.3, 0.4) is 0 Å². The fourth-order valence-electron chi connectivity index (χ4n) is 0.603. The SMILES string of the molecule is N#Cc1ncc(C#CCN)cn1. The van der Waals surface area contributed by atoms with Crippen LogP contribution in [0.1, 0.15) is 11.4 Å². The summed E-state index contributed by atoms with van der Waals surface area (Å²) in [7, 11) is 0. The van der Waals surface area contributed by atoms with E-state index in [0.29, 0.717) is 12.1 Å². The highest BCUT2D eigenvalue weighted by Crippen LogP contribution is 1.91. The average Bonchev–Trinajstić information content (AvgIpc) is 2.15. The molecule has 0 saturated heterocycles. The van der Waals surface area contributed by atoms with E-state index in [-0.39, 0.29) is 5.82 Å². The Balaban J connectivity index is 2.87. The van der Waals surface area contributed by atoms with Gasteiger partial charge in [0.15, 0.2) is 0 Å². The molecular weight excluding hydrogens is 152 g/mol. The summed E-state index contributed by atoms with van der Waals surface area (Å²) < 4.78 is 0. The Labute approximate surface area is 70.1 Å². The van der Waals surface area contributed by atoms with Gasteiger partial charge in [-0.2, -0.15) is 5.26 Å². The van der Waals surface area contributed by atoms with Crippen LogP contribution in [0, 0.1) is 23.2 Å². The van der Waals surface area contributed by atoms with Crippen LogP contribution in [0.2, 0.25) is 0 Å². The van der Waals surface area contributed by atoms with Gasteiger partial charge in [-0.1, -0.05) is 11.8 Å². The lowest BCUT2D eigenvalue weighted by atomic mass is 10.3. The Morgan fingerprint density at radius 2 is 2.08 bits per heavy atom. The van der Waals surface area contributed by atoms with Gasteiger partial charge in [-0.3, -0.25) is 0 Å². The van der Waals surface area contributed by atoms with Crippen molar-refractivity contribution in [2.45, 2.75) is 0 Å². The van der Waals surface area contributed by atoms with Crippen LogP contribution in [0.5, 0.6) is 0 Å². The molecule has 4 nitrogen and oxygen atoms in total. The number of aromatic nitrogens is 2. The molecule has 1 aromatic rings. The second-order valence-electron chi connectivity index (χ2n) is 1.91. The van der Waals surface area contributed by atoms with Gasteiger partial charge in [0.25, 0.3) is 0 Å². The molecular formula is C8H6N4. The Morgan fingerprint density at radius 1 is 1.42 bits per heavy atom. The lowest BCUT2D eigenvalue weighted by molar-refractivity contribution is 1.10. The molecule has 0 bridgehead atoms. The van der Waals surface area contributed by atoms with Gasteiger partial charge in [0.2, 0.25) is 5.82 Å². The molecule has 1 rings (SSSR count). The van der Waals surface area contributed by atoms with E-state index >= 15 is 0 Å². The fourth-order valence-corrected chi connectivity index (χ4v) is 0.603. The van der Waals surface area contributed by atoms with Crippen molar-refractivity contribution in [1.29, 1.82) is 5.26 Å². The van der Waals surface area contributed by atoms with Gasteiger partial charge in [-0.15, -0.1) is 0 Å². The van der Waals surface area contributed by atoms with Crippen LogP contribution in [0.4, 0.5) is 0 Å². The first-order valence-electron chi connectivity index (χ1n) is 3.28. The van der Waals surface area contributed by atoms with Crippen LogP contribution >= 0.6 is 0 Å². The molecule has 0 fully saturated rings. The second kappa shape index (κ2) is 4.07. The minimum atomic E-state index is 0.147. The molecule has 0 saturated carbocycles. The van der Waals surface area contributed by atoms with E-state index in [1.54, 1.807) is 0 Å². The summed E-state index contributed by atoms with van der Waals surface area (Å²) in [5.41, 5.74) is 5.83. The zero-order chi connectivity index (χ0) is 8.81. The molecule has 2 N–H and O–H groups in total. The number of nitriles is 1. The third kappa shape index (κ3) is 2.05. The van der Waals surface area contributed by atoms with Crippen molar-refractivity contribution in [2.24, 2.45) is 5.73 Å². The first-order chi connectivity index (χ1) is 5.86. The third-order valence-electron chi connectivity index (χ3n) is 1.09. The van der Waals surface area contributed by atoms with Crippen LogP contribution < -0.4 is 5.73 Å². The zero-order valence-electron chi connectivity index (χ0n) is 6.28. The molecule has 0 atom stereocenters. The summed E-state index contributed by atoms with van der Waals surface area (Å²) in [5.74, 6) is 5.55. The summed E-state index contributed by atoms with van der Waals surface area (Å²) in [6, 6.07) is 1.82. The minimum absolute atomic E-state index is 0.147. The van der Waals surface area contributed by atoms with Gasteiger partial charge in [-0.25, -0.2) is 9.97 Å².